The first-order valence-corrected chi connectivity index (χ1v) is 8.02. The Kier molecular flexibility index (Phi) is 6.00. The summed E-state index contributed by atoms with van der Waals surface area (Å²) in [7, 11) is 0. The van der Waals surface area contributed by atoms with E-state index >= 15 is 0 Å². The van der Waals surface area contributed by atoms with E-state index in [1.165, 1.54) is 0 Å². The Morgan fingerprint density at radius 2 is 1.86 bits per heavy atom. The molecule has 2 aromatic carbocycles. The molecule has 22 heavy (non-hydrogen) atoms. The zero-order valence-electron chi connectivity index (χ0n) is 12.3. The molecule has 0 aliphatic carbocycles. The van der Waals surface area contributed by atoms with E-state index in [0.717, 1.165) is 20.5 Å². The van der Waals surface area contributed by atoms with Crippen molar-refractivity contribution in [3.63, 3.8) is 0 Å². The summed E-state index contributed by atoms with van der Waals surface area (Å²) in [6.07, 6.45) is 0. The van der Waals surface area contributed by atoms with Gasteiger partial charge in [-0.05, 0) is 58.9 Å². The Bertz CT molecular complexity index is 665. The molecular weight excluding hydrogens is 391 g/mol. The second-order valence-corrected chi connectivity index (χ2v) is 5.79. The Morgan fingerprint density at radius 1 is 1.14 bits per heavy atom. The highest BCUT2D eigenvalue weighted by Gasteiger charge is 2.10. The largest absolute Gasteiger partial charge is 0.488 e. The molecule has 0 N–H and O–H groups in total. The maximum atomic E-state index is 11.7. The first-order chi connectivity index (χ1) is 10.6. The summed E-state index contributed by atoms with van der Waals surface area (Å²) in [6.45, 7) is 6.59. The molecule has 0 aliphatic rings. The minimum absolute atomic E-state index is 0.319. The van der Waals surface area contributed by atoms with Crippen molar-refractivity contribution >= 4 is 34.1 Å². The smallest absolute Gasteiger partial charge is 0.338 e. The van der Waals surface area contributed by atoms with E-state index in [0.29, 0.717) is 18.8 Å². The molecule has 0 saturated carbocycles. The molecule has 3 nitrogen and oxygen atoms in total. The van der Waals surface area contributed by atoms with Gasteiger partial charge in [-0.3, -0.25) is 0 Å². The third kappa shape index (κ3) is 4.34. The van der Waals surface area contributed by atoms with Gasteiger partial charge >= 0.3 is 5.97 Å². The van der Waals surface area contributed by atoms with Gasteiger partial charge in [0.05, 0.1) is 15.7 Å². The molecule has 0 aliphatic heterocycles. The van der Waals surface area contributed by atoms with Gasteiger partial charge in [0.1, 0.15) is 12.4 Å². The van der Waals surface area contributed by atoms with E-state index in [1.54, 1.807) is 25.1 Å². The van der Waals surface area contributed by atoms with Crippen LogP contribution in [0.5, 0.6) is 5.75 Å². The van der Waals surface area contributed by atoms with Gasteiger partial charge in [-0.15, -0.1) is 0 Å². The topological polar surface area (TPSA) is 35.5 Å². The first-order valence-electron chi connectivity index (χ1n) is 6.94. The highest BCUT2D eigenvalue weighted by atomic mass is 127. The maximum Gasteiger partial charge on any atom is 0.338 e. The molecule has 4 heteroatoms. The lowest BCUT2D eigenvalue weighted by Gasteiger charge is -2.11. The summed E-state index contributed by atoms with van der Waals surface area (Å²) in [5, 5.41) is 0. The number of benzene rings is 2. The minimum Gasteiger partial charge on any atom is -0.488 e. The number of hydrogen-bond donors (Lipinski definition) is 0. The number of rotatable bonds is 6. The van der Waals surface area contributed by atoms with Gasteiger partial charge < -0.3 is 9.47 Å². The summed E-state index contributed by atoms with van der Waals surface area (Å²) < 4.78 is 11.6. The number of ether oxygens (including phenoxy) is 2. The molecule has 0 saturated heterocycles. The fourth-order valence-electron chi connectivity index (χ4n) is 1.88. The van der Waals surface area contributed by atoms with E-state index < -0.39 is 0 Å². The molecule has 2 rings (SSSR count). The Morgan fingerprint density at radius 3 is 2.50 bits per heavy atom. The van der Waals surface area contributed by atoms with Crippen LogP contribution in [0.2, 0.25) is 0 Å². The van der Waals surface area contributed by atoms with E-state index in [-0.39, 0.29) is 5.97 Å². The number of halogens is 1. The van der Waals surface area contributed by atoms with Crippen molar-refractivity contribution < 1.29 is 14.3 Å². The molecule has 0 spiro atoms. The van der Waals surface area contributed by atoms with E-state index in [1.807, 2.05) is 30.3 Å². The molecule has 0 heterocycles. The fourth-order valence-corrected chi connectivity index (χ4v) is 2.55. The van der Waals surface area contributed by atoms with Gasteiger partial charge in [-0.2, -0.15) is 0 Å². The van der Waals surface area contributed by atoms with Gasteiger partial charge in [-0.25, -0.2) is 4.79 Å². The van der Waals surface area contributed by atoms with Gasteiger partial charge in [-0.1, -0.05) is 36.9 Å². The summed E-state index contributed by atoms with van der Waals surface area (Å²) in [4.78, 5) is 11.7. The molecule has 0 fully saturated rings. The lowest BCUT2D eigenvalue weighted by molar-refractivity contribution is 0.0526. The van der Waals surface area contributed by atoms with Crippen LogP contribution in [0, 0.1) is 3.57 Å². The van der Waals surface area contributed by atoms with Crippen LogP contribution in [0.1, 0.15) is 22.8 Å². The van der Waals surface area contributed by atoms with Gasteiger partial charge in [0.15, 0.2) is 0 Å². The highest BCUT2D eigenvalue weighted by Crippen LogP contribution is 2.24. The van der Waals surface area contributed by atoms with Gasteiger partial charge in [0, 0.05) is 0 Å². The van der Waals surface area contributed by atoms with Gasteiger partial charge in [0.25, 0.3) is 0 Å². The third-order valence-electron chi connectivity index (χ3n) is 3.03. The van der Waals surface area contributed by atoms with Gasteiger partial charge in [0.2, 0.25) is 0 Å². The Balaban J connectivity index is 2.02. The number of carbonyl (C=O) groups is 1. The Labute approximate surface area is 144 Å². The quantitative estimate of drug-likeness (QED) is 0.520. The molecule has 0 radical (unpaired) electrons. The van der Waals surface area contributed by atoms with Crippen LogP contribution in [0.15, 0.2) is 55.1 Å². The lowest BCUT2D eigenvalue weighted by atomic mass is 10.1. The zero-order chi connectivity index (χ0) is 15.9. The van der Waals surface area contributed by atoms with Crippen LogP contribution < -0.4 is 4.74 Å². The predicted octanol–water partition coefficient (Wildman–Crippen LogP) is 4.56. The average Bonchev–Trinajstić information content (AvgIpc) is 2.54. The normalized spacial score (nSPS) is 10.1. The number of esters is 1. The predicted molar refractivity (Wildman–Crippen MR) is 96.1 cm³/mol. The molecular formula is C18H17IO3. The molecule has 114 valence electrons. The van der Waals surface area contributed by atoms with Crippen molar-refractivity contribution in [2.24, 2.45) is 0 Å². The van der Waals surface area contributed by atoms with Crippen molar-refractivity contribution in [2.45, 2.75) is 6.92 Å². The third-order valence-corrected chi connectivity index (χ3v) is 3.87. The molecule has 0 aromatic heterocycles. The van der Waals surface area contributed by atoms with Crippen molar-refractivity contribution in [3.8, 4) is 5.75 Å². The summed E-state index contributed by atoms with van der Waals surface area (Å²) in [6, 6.07) is 15.2. The van der Waals surface area contributed by atoms with Crippen molar-refractivity contribution in [1.82, 2.24) is 0 Å². The lowest BCUT2D eigenvalue weighted by Crippen LogP contribution is -2.06. The van der Waals surface area contributed by atoms with Crippen LogP contribution in [0.25, 0.3) is 5.57 Å². The van der Waals surface area contributed by atoms with E-state index in [4.69, 9.17) is 9.47 Å². The second-order valence-electron chi connectivity index (χ2n) is 4.62. The summed E-state index contributed by atoms with van der Waals surface area (Å²) >= 11 is 2.15. The van der Waals surface area contributed by atoms with Crippen molar-refractivity contribution in [1.29, 1.82) is 0 Å². The first kappa shape index (κ1) is 16.5. The highest BCUT2D eigenvalue weighted by molar-refractivity contribution is 14.1. The number of hydrogen-bond acceptors (Lipinski definition) is 3. The van der Waals surface area contributed by atoms with Crippen molar-refractivity contribution in [2.75, 3.05) is 13.2 Å². The van der Waals surface area contributed by atoms with Crippen molar-refractivity contribution in [3.05, 3.63) is 69.8 Å². The van der Waals surface area contributed by atoms with Crippen LogP contribution in [0.3, 0.4) is 0 Å². The van der Waals surface area contributed by atoms with E-state index in [9.17, 15) is 4.79 Å². The maximum absolute atomic E-state index is 11.7. The summed E-state index contributed by atoms with van der Waals surface area (Å²) in [5.74, 6) is 0.409. The minimum atomic E-state index is -0.319. The zero-order valence-corrected chi connectivity index (χ0v) is 14.5. The molecule has 2 aromatic rings. The van der Waals surface area contributed by atoms with E-state index in [2.05, 4.69) is 29.2 Å². The average molecular weight is 408 g/mol. The van der Waals surface area contributed by atoms with Crippen LogP contribution >= 0.6 is 22.6 Å². The SMILES string of the molecule is C=C(COc1ccc(C(=O)OCC)cc1I)c1ccccc1. The molecule has 0 amide bonds. The number of carbonyl (C=O) groups excluding carboxylic acids is 1. The standard InChI is InChI=1S/C18H17IO3/c1-3-21-18(20)15-9-10-17(16(19)11-15)22-12-13(2)14-7-5-4-6-8-14/h4-11H,2-3,12H2,1H3. The monoisotopic (exact) mass is 408 g/mol. The molecule has 0 bridgehead atoms. The van der Waals surface area contributed by atoms with Crippen LogP contribution in [-0.4, -0.2) is 19.2 Å². The van der Waals surface area contributed by atoms with Crippen LogP contribution in [0.4, 0.5) is 0 Å². The second kappa shape index (κ2) is 7.98. The molecule has 0 unspecified atom stereocenters. The fraction of sp³-hybridized carbons (Fsp3) is 0.167. The molecule has 0 atom stereocenters. The van der Waals surface area contributed by atoms with Crippen LogP contribution in [-0.2, 0) is 4.74 Å². The summed E-state index contributed by atoms with van der Waals surface area (Å²) in [5.41, 5.74) is 2.49. The Hall–Kier alpha value is -1.82.